The van der Waals surface area contributed by atoms with Crippen LogP contribution >= 0.6 is 11.8 Å². The SMILES string of the molecule is CCCC[C@H]1CN(C(=O)c2cccc(C)c2C)CCN1C[C@@H](CSC(c1ccccc1)(c1ccccc1)c1ccccc1)NC(=O)OC(C)(C)C. The zero-order chi connectivity index (χ0) is 36.4. The summed E-state index contributed by atoms with van der Waals surface area (Å²) >= 11 is 1.85. The van der Waals surface area contributed by atoms with E-state index in [0.717, 1.165) is 42.5 Å². The smallest absolute Gasteiger partial charge is 0.407 e. The molecule has 0 aliphatic carbocycles. The number of ether oxygens (including phenoxy) is 1. The monoisotopic (exact) mass is 705 g/mol. The van der Waals surface area contributed by atoms with Gasteiger partial charge in [-0.25, -0.2) is 4.79 Å². The zero-order valence-electron chi connectivity index (χ0n) is 31.2. The van der Waals surface area contributed by atoms with Crippen molar-refractivity contribution in [1.82, 2.24) is 15.1 Å². The van der Waals surface area contributed by atoms with Crippen LogP contribution in [-0.2, 0) is 9.48 Å². The first-order chi connectivity index (χ1) is 24.5. The molecule has 1 N–H and O–H groups in total. The van der Waals surface area contributed by atoms with E-state index in [4.69, 9.17) is 4.74 Å². The molecule has 2 amide bonds. The Hall–Kier alpha value is -4.07. The molecule has 0 bridgehead atoms. The number of hydrogen-bond acceptors (Lipinski definition) is 5. The minimum atomic E-state index is -0.618. The van der Waals surface area contributed by atoms with Gasteiger partial charge in [-0.2, -0.15) is 0 Å². The van der Waals surface area contributed by atoms with E-state index in [-0.39, 0.29) is 18.0 Å². The molecule has 1 fully saturated rings. The lowest BCUT2D eigenvalue weighted by molar-refractivity contribution is 0.0384. The van der Waals surface area contributed by atoms with Crippen molar-refractivity contribution in [3.63, 3.8) is 0 Å². The number of hydrogen-bond donors (Lipinski definition) is 1. The first-order valence-electron chi connectivity index (χ1n) is 18.4. The highest BCUT2D eigenvalue weighted by Crippen LogP contribution is 2.48. The molecule has 1 saturated heterocycles. The van der Waals surface area contributed by atoms with Crippen molar-refractivity contribution >= 4 is 23.8 Å². The molecule has 1 aliphatic heterocycles. The van der Waals surface area contributed by atoms with E-state index in [9.17, 15) is 9.59 Å². The molecule has 51 heavy (non-hydrogen) atoms. The van der Waals surface area contributed by atoms with Crippen molar-refractivity contribution in [2.24, 2.45) is 0 Å². The molecule has 6 nitrogen and oxygen atoms in total. The van der Waals surface area contributed by atoms with Crippen molar-refractivity contribution in [3.8, 4) is 0 Å². The lowest BCUT2D eigenvalue weighted by Crippen LogP contribution is -2.58. The molecular weight excluding hydrogens is 651 g/mol. The van der Waals surface area contributed by atoms with Gasteiger partial charge in [-0.05, 0) is 74.9 Å². The van der Waals surface area contributed by atoms with Crippen LogP contribution in [0.1, 0.15) is 85.1 Å². The lowest BCUT2D eigenvalue weighted by atomic mass is 9.84. The minimum absolute atomic E-state index is 0.106. The average Bonchev–Trinajstić information content (AvgIpc) is 3.13. The summed E-state index contributed by atoms with van der Waals surface area (Å²) in [5, 5.41) is 3.29. The number of unbranched alkanes of at least 4 members (excludes halogenated alkanes) is 1. The fourth-order valence-corrected chi connectivity index (χ4v) is 8.62. The number of rotatable bonds is 13. The Kier molecular flexibility index (Phi) is 13.0. The number of carbonyl (C=O) groups is 2. The first-order valence-corrected chi connectivity index (χ1v) is 19.4. The van der Waals surface area contributed by atoms with Gasteiger partial charge in [0.25, 0.3) is 5.91 Å². The maximum absolute atomic E-state index is 13.8. The van der Waals surface area contributed by atoms with E-state index in [1.54, 1.807) is 0 Å². The van der Waals surface area contributed by atoms with Crippen LogP contribution < -0.4 is 5.32 Å². The van der Waals surface area contributed by atoms with Gasteiger partial charge in [0, 0.05) is 43.5 Å². The molecule has 2 atom stereocenters. The minimum Gasteiger partial charge on any atom is -0.444 e. The fourth-order valence-electron chi connectivity index (χ4n) is 7.08. The lowest BCUT2D eigenvalue weighted by Gasteiger charge is -2.43. The summed E-state index contributed by atoms with van der Waals surface area (Å²) in [4.78, 5) is 31.8. The Morgan fingerprint density at radius 2 is 1.39 bits per heavy atom. The van der Waals surface area contributed by atoms with Crippen LogP contribution in [-0.4, -0.2) is 71.4 Å². The quantitative estimate of drug-likeness (QED) is 0.141. The second kappa shape index (κ2) is 17.4. The van der Waals surface area contributed by atoms with Crippen molar-refractivity contribution in [1.29, 1.82) is 0 Å². The molecule has 4 aromatic rings. The van der Waals surface area contributed by atoms with Gasteiger partial charge < -0.3 is 15.0 Å². The maximum Gasteiger partial charge on any atom is 0.407 e. The van der Waals surface area contributed by atoms with Crippen LogP contribution in [0.25, 0.3) is 0 Å². The molecule has 0 spiro atoms. The number of nitrogens with one attached hydrogen (secondary N) is 1. The first kappa shape index (κ1) is 38.2. The van der Waals surface area contributed by atoms with Crippen LogP contribution in [0, 0.1) is 13.8 Å². The summed E-state index contributed by atoms with van der Waals surface area (Å²) in [6.07, 6.45) is 2.73. The molecule has 1 heterocycles. The second-order valence-electron chi connectivity index (χ2n) is 14.7. The number of nitrogens with zero attached hydrogens (tertiary/aromatic N) is 2. The number of alkyl carbamates (subject to hydrolysis) is 1. The topological polar surface area (TPSA) is 61.9 Å². The van der Waals surface area contributed by atoms with Gasteiger partial charge in [-0.1, -0.05) is 123 Å². The van der Waals surface area contributed by atoms with Crippen molar-refractivity contribution in [2.75, 3.05) is 31.9 Å². The van der Waals surface area contributed by atoms with E-state index in [1.807, 2.05) is 56.5 Å². The molecule has 7 heteroatoms. The Morgan fingerprint density at radius 1 is 0.824 bits per heavy atom. The molecule has 5 rings (SSSR count). The Balaban J connectivity index is 1.46. The fraction of sp³-hybridized carbons (Fsp3) is 0.409. The average molecular weight is 706 g/mol. The van der Waals surface area contributed by atoms with E-state index in [1.165, 1.54) is 16.7 Å². The van der Waals surface area contributed by atoms with E-state index >= 15 is 0 Å². The van der Waals surface area contributed by atoms with Crippen LogP contribution in [0.3, 0.4) is 0 Å². The van der Waals surface area contributed by atoms with Crippen LogP contribution in [0.5, 0.6) is 0 Å². The van der Waals surface area contributed by atoms with Crippen molar-refractivity contribution in [2.45, 2.75) is 83.2 Å². The number of piperazine rings is 1. The largest absolute Gasteiger partial charge is 0.444 e. The molecular formula is C44H55N3O3S. The highest BCUT2D eigenvalue weighted by Gasteiger charge is 2.39. The molecule has 0 unspecified atom stereocenters. The Bertz CT molecular complexity index is 1610. The van der Waals surface area contributed by atoms with E-state index in [2.05, 4.69) is 121 Å². The number of thioether (sulfide) groups is 1. The number of benzene rings is 4. The third-order valence-electron chi connectivity index (χ3n) is 9.84. The molecule has 0 radical (unpaired) electrons. The summed E-state index contributed by atoms with van der Waals surface area (Å²) in [5.74, 6) is 0.745. The van der Waals surface area contributed by atoms with E-state index in [0.29, 0.717) is 25.4 Å². The Morgan fingerprint density at radius 3 is 1.92 bits per heavy atom. The molecule has 1 aliphatic rings. The summed E-state index contributed by atoms with van der Waals surface area (Å²) in [5.41, 5.74) is 5.90. The Labute approximate surface area is 310 Å². The van der Waals surface area contributed by atoms with Crippen LogP contribution in [0.4, 0.5) is 4.79 Å². The van der Waals surface area contributed by atoms with Crippen molar-refractivity contribution < 1.29 is 14.3 Å². The van der Waals surface area contributed by atoms with Crippen LogP contribution in [0.15, 0.2) is 109 Å². The van der Waals surface area contributed by atoms with Crippen LogP contribution in [0.2, 0.25) is 0 Å². The highest BCUT2D eigenvalue weighted by molar-refractivity contribution is 8.00. The summed E-state index contributed by atoms with van der Waals surface area (Å²) in [6.45, 7) is 14.7. The van der Waals surface area contributed by atoms with Gasteiger partial charge in [0.05, 0.1) is 10.8 Å². The van der Waals surface area contributed by atoms with Gasteiger partial charge in [0.1, 0.15) is 5.60 Å². The molecule has 270 valence electrons. The maximum atomic E-state index is 13.8. The molecule has 0 saturated carbocycles. The van der Waals surface area contributed by atoms with Gasteiger partial charge in [0.2, 0.25) is 0 Å². The van der Waals surface area contributed by atoms with Gasteiger partial charge in [-0.3, -0.25) is 9.69 Å². The number of carbonyl (C=O) groups excluding carboxylic acids is 2. The third kappa shape index (κ3) is 9.63. The standard InChI is InChI=1S/C44H55N3O3S/c1-7-8-26-39-31-47(41(48)40-27-18-19-33(2)34(40)3)29-28-46(39)30-38(45-42(49)50-43(4,5)6)32-51-44(35-20-12-9-13-21-35,36-22-14-10-15-23-36)37-24-16-11-17-25-37/h9-25,27,38-39H,7-8,26,28-32H2,1-6H3,(H,45,49)/t38-,39-/m0/s1. The summed E-state index contributed by atoms with van der Waals surface area (Å²) in [6, 6.07) is 38.0. The number of aryl methyl sites for hydroxylation is 1. The predicted molar refractivity (Wildman–Crippen MR) is 212 cm³/mol. The summed E-state index contributed by atoms with van der Waals surface area (Å²) in [7, 11) is 0. The highest BCUT2D eigenvalue weighted by atomic mass is 32.2. The number of amides is 2. The zero-order valence-corrected chi connectivity index (χ0v) is 32.0. The molecule has 4 aromatic carbocycles. The summed E-state index contributed by atoms with van der Waals surface area (Å²) < 4.78 is 5.30. The van der Waals surface area contributed by atoms with Gasteiger partial charge in [0.15, 0.2) is 0 Å². The molecule has 0 aromatic heterocycles. The van der Waals surface area contributed by atoms with E-state index < -0.39 is 16.4 Å². The van der Waals surface area contributed by atoms with Gasteiger partial charge in [-0.15, -0.1) is 11.8 Å². The normalized spacial score (nSPS) is 16.0. The second-order valence-corrected chi connectivity index (χ2v) is 16.0. The third-order valence-corrected chi connectivity index (χ3v) is 11.5. The van der Waals surface area contributed by atoms with Crippen molar-refractivity contribution in [3.05, 3.63) is 143 Å². The predicted octanol–water partition coefficient (Wildman–Crippen LogP) is 9.24. The van der Waals surface area contributed by atoms with Gasteiger partial charge >= 0.3 is 6.09 Å².